The van der Waals surface area contributed by atoms with Crippen LogP contribution >= 0.6 is 11.8 Å². The molecule has 0 bridgehead atoms. The lowest BCUT2D eigenvalue weighted by Gasteiger charge is -2.25. The number of aryl methyl sites for hydroxylation is 1. The van der Waals surface area contributed by atoms with Gasteiger partial charge in [0.25, 0.3) is 0 Å². The number of hydrogen-bond acceptors (Lipinski definition) is 5. The number of amides is 2. The molecule has 0 aromatic heterocycles. The Balaban J connectivity index is 1.71. The minimum Gasteiger partial charge on any atom is -0.366 e. The van der Waals surface area contributed by atoms with Crippen molar-refractivity contribution in [3.05, 3.63) is 77.0 Å². The fraction of sp³-hybridized carbons (Fsp3) is 0.190. The molecule has 6 nitrogen and oxygen atoms in total. The summed E-state index contributed by atoms with van der Waals surface area (Å²) < 4.78 is 0. The molecule has 28 heavy (non-hydrogen) atoms. The molecule has 1 heterocycles. The van der Waals surface area contributed by atoms with E-state index >= 15 is 0 Å². The molecular formula is C21H22N4O2S. The van der Waals surface area contributed by atoms with Crippen molar-refractivity contribution in [1.29, 1.82) is 0 Å². The first-order valence-corrected chi connectivity index (χ1v) is 9.82. The Labute approximate surface area is 168 Å². The first kappa shape index (κ1) is 19.7. The molecule has 1 atom stereocenters. The molecule has 144 valence electrons. The third-order valence-electron chi connectivity index (χ3n) is 4.24. The molecule has 7 heteroatoms. The minimum atomic E-state index is -0.510. The van der Waals surface area contributed by atoms with Crippen LogP contribution in [0.5, 0.6) is 0 Å². The standard InChI is InChI=1S/C21H22N4O2S/c1-13-7-6-10-16(11-13)24-17(26)12-28-21-23-14(2)18(20(22)27)19(25-21)15-8-4-3-5-9-15/h3-11,19H,12H2,1-2H3,(H2,22,27)(H,23,25)(H,24,26)/t19-/m0/s1. The van der Waals surface area contributed by atoms with E-state index in [4.69, 9.17) is 5.73 Å². The van der Waals surface area contributed by atoms with Gasteiger partial charge in [-0.15, -0.1) is 0 Å². The van der Waals surface area contributed by atoms with Crippen molar-refractivity contribution in [3.8, 4) is 0 Å². The molecule has 1 aliphatic heterocycles. The third-order valence-corrected chi connectivity index (χ3v) is 5.13. The molecule has 2 aromatic carbocycles. The number of primary amides is 1. The zero-order valence-corrected chi connectivity index (χ0v) is 16.5. The maximum absolute atomic E-state index is 12.3. The van der Waals surface area contributed by atoms with Crippen LogP contribution in [0.25, 0.3) is 0 Å². The fourth-order valence-electron chi connectivity index (χ4n) is 2.97. The van der Waals surface area contributed by atoms with E-state index in [1.165, 1.54) is 11.8 Å². The summed E-state index contributed by atoms with van der Waals surface area (Å²) in [5.74, 6) is -0.442. The van der Waals surface area contributed by atoms with Crippen LogP contribution in [-0.4, -0.2) is 22.7 Å². The second kappa shape index (κ2) is 8.75. The molecule has 2 aromatic rings. The quantitative estimate of drug-likeness (QED) is 0.726. The molecule has 4 N–H and O–H groups in total. The van der Waals surface area contributed by atoms with E-state index in [-0.39, 0.29) is 11.7 Å². The topological polar surface area (TPSA) is 96.6 Å². The predicted octanol–water partition coefficient (Wildman–Crippen LogP) is 3.13. The van der Waals surface area contributed by atoms with Crippen LogP contribution in [0.4, 0.5) is 5.69 Å². The maximum Gasteiger partial charge on any atom is 0.248 e. The number of anilines is 1. The number of aliphatic imine (C=N–C) groups is 1. The molecule has 0 spiro atoms. The highest BCUT2D eigenvalue weighted by Crippen LogP contribution is 2.31. The van der Waals surface area contributed by atoms with Gasteiger partial charge >= 0.3 is 0 Å². The van der Waals surface area contributed by atoms with E-state index < -0.39 is 11.9 Å². The smallest absolute Gasteiger partial charge is 0.248 e. The van der Waals surface area contributed by atoms with Crippen LogP contribution in [0.3, 0.4) is 0 Å². The number of carbonyl (C=O) groups is 2. The summed E-state index contributed by atoms with van der Waals surface area (Å²) in [5, 5.41) is 6.54. The molecule has 1 aliphatic rings. The van der Waals surface area contributed by atoms with E-state index in [1.54, 1.807) is 6.92 Å². The van der Waals surface area contributed by atoms with Crippen molar-refractivity contribution in [2.24, 2.45) is 10.7 Å². The van der Waals surface area contributed by atoms with E-state index in [0.717, 1.165) is 16.8 Å². The summed E-state index contributed by atoms with van der Waals surface area (Å²) in [5.41, 5.74) is 9.37. The van der Waals surface area contributed by atoms with Crippen LogP contribution in [0, 0.1) is 6.92 Å². The van der Waals surface area contributed by atoms with Gasteiger partial charge in [0.1, 0.15) is 6.04 Å². The van der Waals surface area contributed by atoms with Gasteiger partial charge in [-0.2, -0.15) is 0 Å². The summed E-state index contributed by atoms with van der Waals surface area (Å²) >= 11 is 1.29. The van der Waals surface area contributed by atoms with E-state index in [2.05, 4.69) is 15.6 Å². The fourth-order valence-corrected chi connectivity index (χ4v) is 3.72. The van der Waals surface area contributed by atoms with E-state index in [0.29, 0.717) is 16.4 Å². The van der Waals surface area contributed by atoms with Gasteiger partial charge in [0.2, 0.25) is 11.8 Å². The minimum absolute atomic E-state index is 0.126. The van der Waals surface area contributed by atoms with Crippen molar-refractivity contribution < 1.29 is 9.59 Å². The Bertz CT molecular complexity index is 954. The summed E-state index contributed by atoms with van der Waals surface area (Å²) in [6, 6.07) is 16.6. The van der Waals surface area contributed by atoms with Gasteiger partial charge in [-0.05, 0) is 37.1 Å². The number of nitrogens with one attached hydrogen (secondary N) is 2. The molecule has 0 fully saturated rings. The Morgan fingerprint density at radius 3 is 2.57 bits per heavy atom. The van der Waals surface area contributed by atoms with Crippen LogP contribution < -0.4 is 16.4 Å². The molecule has 0 saturated carbocycles. The number of hydrogen-bond donors (Lipinski definition) is 3. The number of benzene rings is 2. The Kier molecular flexibility index (Phi) is 6.16. The van der Waals surface area contributed by atoms with Crippen molar-refractivity contribution in [2.45, 2.75) is 19.9 Å². The number of nitrogens with two attached hydrogens (primary N) is 1. The highest BCUT2D eigenvalue weighted by atomic mass is 32.2. The average molecular weight is 395 g/mol. The van der Waals surface area contributed by atoms with Gasteiger partial charge in [-0.3, -0.25) is 9.59 Å². The SMILES string of the molecule is CC1=C(C(N)=O)[C@H](c2ccccc2)N=C(SCC(=O)Nc2cccc(C)c2)N1. The van der Waals surface area contributed by atoms with Crippen LogP contribution in [0.2, 0.25) is 0 Å². The number of amidine groups is 1. The lowest BCUT2D eigenvalue weighted by molar-refractivity contribution is -0.115. The molecule has 0 radical (unpaired) electrons. The number of allylic oxidation sites excluding steroid dienone is 1. The highest BCUT2D eigenvalue weighted by Gasteiger charge is 2.28. The van der Waals surface area contributed by atoms with Gasteiger partial charge in [0, 0.05) is 11.4 Å². The summed E-state index contributed by atoms with van der Waals surface area (Å²) in [7, 11) is 0. The van der Waals surface area contributed by atoms with Gasteiger partial charge in [-0.25, -0.2) is 4.99 Å². The molecule has 0 saturated heterocycles. The second-order valence-corrected chi connectivity index (χ2v) is 7.45. The largest absolute Gasteiger partial charge is 0.366 e. The predicted molar refractivity (Wildman–Crippen MR) is 114 cm³/mol. The number of thioether (sulfide) groups is 1. The van der Waals surface area contributed by atoms with E-state index in [1.807, 2.05) is 61.5 Å². The third kappa shape index (κ3) is 4.80. The normalized spacial score (nSPS) is 16.2. The van der Waals surface area contributed by atoms with Crippen molar-refractivity contribution in [3.63, 3.8) is 0 Å². The molecular weight excluding hydrogens is 372 g/mol. The van der Waals surface area contributed by atoms with Crippen molar-refractivity contribution in [2.75, 3.05) is 11.1 Å². The first-order chi connectivity index (χ1) is 13.4. The van der Waals surface area contributed by atoms with Crippen LogP contribution in [0.1, 0.15) is 24.1 Å². The lowest BCUT2D eigenvalue weighted by Crippen LogP contribution is -2.33. The van der Waals surface area contributed by atoms with Crippen LogP contribution in [-0.2, 0) is 9.59 Å². The van der Waals surface area contributed by atoms with Gasteiger partial charge in [0.05, 0.1) is 11.3 Å². The van der Waals surface area contributed by atoms with Crippen molar-refractivity contribution in [1.82, 2.24) is 5.32 Å². The molecule has 0 aliphatic carbocycles. The van der Waals surface area contributed by atoms with Gasteiger partial charge in [0.15, 0.2) is 5.17 Å². The Morgan fingerprint density at radius 2 is 1.89 bits per heavy atom. The monoisotopic (exact) mass is 394 g/mol. The Morgan fingerprint density at radius 1 is 1.14 bits per heavy atom. The van der Waals surface area contributed by atoms with Crippen molar-refractivity contribution >= 4 is 34.4 Å². The Hall–Kier alpha value is -3.06. The van der Waals surface area contributed by atoms with Gasteiger partial charge in [-0.1, -0.05) is 54.2 Å². The summed E-state index contributed by atoms with van der Waals surface area (Å²) in [6.45, 7) is 3.76. The lowest BCUT2D eigenvalue weighted by atomic mass is 9.96. The second-order valence-electron chi connectivity index (χ2n) is 6.48. The first-order valence-electron chi connectivity index (χ1n) is 8.83. The highest BCUT2D eigenvalue weighted by molar-refractivity contribution is 8.14. The maximum atomic E-state index is 12.3. The number of rotatable bonds is 5. The van der Waals surface area contributed by atoms with E-state index in [9.17, 15) is 9.59 Å². The van der Waals surface area contributed by atoms with Gasteiger partial charge < -0.3 is 16.4 Å². The molecule has 3 rings (SSSR count). The zero-order valence-electron chi connectivity index (χ0n) is 15.7. The number of carbonyl (C=O) groups excluding carboxylic acids is 2. The molecule has 0 unspecified atom stereocenters. The summed E-state index contributed by atoms with van der Waals surface area (Å²) in [4.78, 5) is 28.8. The zero-order chi connectivity index (χ0) is 20.1. The summed E-state index contributed by atoms with van der Waals surface area (Å²) in [6.07, 6.45) is 0. The van der Waals surface area contributed by atoms with Crippen LogP contribution in [0.15, 0.2) is 70.9 Å². The number of nitrogens with zero attached hydrogens (tertiary/aromatic N) is 1. The molecule has 2 amide bonds. The average Bonchev–Trinajstić information content (AvgIpc) is 2.66.